The lowest BCUT2D eigenvalue weighted by Crippen LogP contribution is -2.64. The van der Waals surface area contributed by atoms with E-state index in [2.05, 4.69) is 13.8 Å². The number of hydrogen-bond donors (Lipinski definition) is 1. The molecule has 40 heavy (non-hydrogen) atoms. The van der Waals surface area contributed by atoms with Gasteiger partial charge in [-0.05, 0) is 103 Å². The second-order valence-electron chi connectivity index (χ2n) is 15.8. The fraction of sp³-hybridized carbons (Fsp3) is 0.909. The fourth-order valence-corrected chi connectivity index (χ4v) is 9.56. The SMILES string of the molecule is CCC(CC(C)(C)C(=O)OC1(C)CC(=O)OCC(C)(C)C1)C(=O)OC(CC)(CC)C12CC3CC(CC(O)(C3)C1)C2. The normalized spacial score (nSPS) is 36.0. The number of cyclic esters (lactones) is 1. The molecule has 4 saturated carbocycles. The van der Waals surface area contributed by atoms with Crippen LogP contribution in [0.1, 0.15) is 132 Å². The maximum Gasteiger partial charge on any atom is 0.312 e. The van der Waals surface area contributed by atoms with Crippen molar-refractivity contribution in [1.82, 2.24) is 0 Å². The number of ether oxygens (including phenoxy) is 3. The molecule has 0 aromatic rings. The molecule has 5 fully saturated rings. The molecule has 4 bridgehead atoms. The number of carbonyl (C=O) groups is 3. The Bertz CT molecular complexity index is 979. The summed E-state index contributed by atoms with van der Waals surface area (Å²) in [6.07, 6.45) is 8.52. The van der Waals surface area contributed by atoms with Crippen LogP contribution in [0, 0.1) is 34.0 Å². The van der Waals surface area contributed by atoms with Crippen molar-refractivity contribution in [3.8, 4) is 0 Å². The molecule has 0 aromatic carbocycles. The summed E-state index contributed by atoms with van der Waals surface area (Å²) in [6.45, 7) is 15.9. The molecule has 7 nitrogen and oxygen atoms in total. The molecule has 4 atom stereocenters. The number of esters is 3. The first-order valence-electron chi connectivity index (χ1n) is 15.8. The van der Waals surface area contributed by atoms with Crippen molar-refractivity contribution in [1.29, 1.82) is 0 Å². The van der Waals surface area contributed by atoms with E-state index in [9.17, 15) is 19.5 Å². The summed E-state index contributed by atoms with van der Waals surface area (Å²) in [5.41, 5.74) is -3.65. The lowest BCUT2D eigenvalue weighted by molar-refractivity contribution is -0.245. The van der Waals surface area contributed by atoms with Crippen LogP contribution in [0.2, 0.25) is 0 Å². The van der Waals surface area contributed by atoms with E-state index < -0.39 is 34.1 Å². The summed E-state index contributed by atoms with van der Waals surface area (Å²) in [6, 6.07) is 0. The lowest BCUT2D eigenvalue weighted by atomic mass is 9.43. The van der Waals surface area contributed by atoms with Crippen molar-refractivity contribution in [3.05, 3.63) is 0 Å². The fourth-order valence-electron chi connectivity index (χ4n) is 9.56. The molecule has 0 aromatic heterocycles. The first-order chi connectivity index (χ1) is 18.4. The smallest absolute Gasteiger partial charge is 0.312 e. The van der Waals surface area contributed by atoms with Gasteiger partial charge in [-0.2, -0.15) is 0 Å². The van der Waals surface area contributed by atoms with Gasteiger partial charge in [0.1, 0.15) is 11.2 Å². The Hall–Kier alpha value is -1.63. The van der Waals surface area contributed by atoms with Gasteiger partial charge in [-0.15, -0.1) is 0 Å². The van der Waals surface area contributed by atoms with Crippen molar-refractivity contribution < 1.29 is 33.7 Å². The number of rotatable bonds is 10. The van der Waals surface area contributed by atoms with Crippen LogP contribution >= 0.6 is 0 Å². The molecule has 1 heterocycles. The van der Waals surface area contributed by atoms with Gasteiger partial charge in [0, 0.05) is 10.8 Å². The molecule has 0 radical (unpaired) electrons. The Labute approximate surface area is 241 Å². The van der Waals surface area contributed by atoms with Gasteiger partial charge in [-0.3, -0.25) is 14.4 Å². The second kappa shape index (κ2) is 10.6. The van der Waals surface area contributed by atoms with Gasteiger partial charge in [0.25, 0.3) is 0 Å². The van der Waals surface area contributed by atoms with Crippen LogP contribution in [-0.4, -0.2) is 46.4 Å². The van der Waals surface area contributed by atoms with E-state index in [-0.39, 0.29) is 29.2 Å². The van der Waals surface area contributed by atoms with Crippen LogP contribution in [0.15, 0.2) is 0 Å². The van der Waals surface area contributed by atoms with Gasteiger partial charge in [0.2, 0.25) is 0 Å². The molecule has 1 aliphatic heterocycles. The van der Waals surface area contributed by atoms with Crippen LogP contribution in [0.25, 0.3) is 0 Å². The van der Waals surface area contributed by atoms with Gasteiger partial charge in [0.05, 0.1) is 30.0 Å². The van der Waals surface area contributed by atoms with Gasteiger partial charge >= 0.3 is 17.9 Å². The monoisotopic (exact) mass is 562 g/mol. The number of aliphatic hydroxyl groups is 1. The van der Waals surface area contributed by atoms with E-state index >= 15 is 0 Å². The highest BCUT2D eigenvalue weighted by Crippen LogP contribution is 2.67. The summed E-state index contributed by atoms with van der Waals surface area (Å²) in [5.74, 6) is -0.470. The molecule has 7 heteroatoms. The molecule has 1 N–H and O–H groups in total. The van der Waals surface area contributed by atoms with Gasteiger partial charge < -0.3 is 19.3 Å². The van der Waals surface area contributed by atoms with E-state index in [0.717, 1.165) is 38.5 Å². The average Bonchev–Trinajstić information content (AvgIpc) is 2.92. The zero-order valence-corrected chi connectivity index (χ0v) is 26.3. The molecular formula is C33H54O7. The molecule has 0 amide bonds. The van der Waals surface area contributed by atoms with Crippen molar-refractivity contribution in [2.24, 2.45) is 34.0 Å². The molecule has 4 unspecified atom stereocenters. The van der Waals surface area contributed by atoms with E-state index in [4.69, 9.17) is 14.2 Å². The Kier molecular flexibility index (Phi) is 8.28. The third-order valence-corrected chi connectivity index (χ3v) is 10.9. The van der Waals surface area contributed by atoms with Crippen LogP contribution in [0.4, 0.5) is 0 Å². The van der Waals surface area contributed by atoms with Crippen LogP contribution in [-0.2, 0) is 28.6 Å². The standard InChI is InChI=1S/C33H54O7/c1-9-24(17-29(6,7)27(36)40-30(8)18-25(34)38-21-28(4,5)19-30)26(35)39-33(10-2,11-3)31-13-22-12-23(14-31)16-32(37,15-22)20-31/h22-24,37H,9-21H2,1-8H3. The minimum Gasteiger partial charge on any atom is -0.465 e. The van der Waals surface area contributed by atoms with Crippen LogP contribution in [0.5, 0.6) is 0 Å². The van der Waals surface area contributed by atoms with Crippen molar-refractivity contribution in [2.75, 3.05) is 6.61 Å². The minimum absolute atomic E-state index is 0.0173. The Morgan fingerprint density at radius 3 is 2.15 bits per heavy atom. The minimum atomic E-state index is -0.966. The first-order valence-corrected chi connectivity index (χ1v) is 15.8. The van der Waals surface area contributed by atoms with Crippen LogP contribution in [0.3, 0.4) is 0 Å². The highest BCUT2D eigenvalue weighted by atomic mass is 16.6. The topological polar surface area (TPSA) is 99.1 Å². The van der Waals surface area contributed by atoms with Gasteiger partial charge in [-0.25, -0.2) is 0 Å². The van der Waals surface area contributed by atoms with Gasteiger partial charge in [0.15, 0.2) is 0 Å². The zero-order chi connectivity index (χ0) is 29.8. The van der Waals surface area contributed by atoms with E-state index in [1.165, 1.54) is 6.42 Å². The van der Waals surface area contributed by atoms with Crippen LogP contribution < -0.4 is 0 Å². The maximum atomic E-state index is 13.9. The van der Waals surface area contributed by atoms with E-state index in [0.29, 0.717) is 44.1 Å². The van der Waals surface area contributed by atoms with Gasteiger partial charge in [-0.1, -0.05) is 34.6 Å². The predicted molar refractivity (Wildman–Crippen MR) is 152 cm³/mol. The largest absolute Gasteiger partial charge is 0.465 e. The molecule has 5 rings (SSSR count). The van der Waals surface area contributed by atoms with Crippen molar-refractivity contribution in [3.63, 3.8) is 0 Å². The lowest BCUT2D eigenvalue weighted by Gasteiger charge is -2.65. The Morgan fingerprint density at radius 2 is 1.62 bits per heavy atom. The highest BCUT2D eigenvalue weighted by Gasteiger charge is 2.65. The second-order valence-corrected chi connectivity index (χ2v) is 15.8. The van der Waals surface area contributed by atoms with E-state index in [1.807, 2.05) is 34.6 Å². The summed E-state index contributed by atoms with van der Waals surface area (Å²) in [5, 5.41) is 11.4. The highest BCUT2D eigenvalue weighted by molar-refractivity contribution is 5.79. The van der Waals surface area contributed by atoms with Crippen molar-refractivity contribution >= 4 is 17.9 Å². The molecule has 1 saturated heterocycles. The molecule has 228 valence electrons. The van der Waals surface area contributed by atoms with E-state index in [1.54, 1.807) is 6.92 Å². The third-order valence-electron chi connectivity index (χ3n) is 10.9. The molecule has 4 aliphatic carbocycles. The Morgan fingerprint density at radius 1 is 1.02 bits per heavy atom. The summed E-state index contributed by atoms with van der Waals surface area (Å²) < 4.78 is 18.0. The molecule has 5 aliphatic rings. The predicted octanol–water partition coefficient (Wildman–Crippen LogP) is 6.53. The van der Waals surface area contributed by atoms with Crippen molar-refractivity contribution in [2.45, 2.75) is 149 Å². The zero-order valence-electron chi connectivity index (χ0n) is 26.3. The maximum absolute atomic E-state index is 13.9. The molecule has 0 spiro atoms. The first kappa shape index (κ1) is 31.3. The Balaban J connectivity index is 1.49. The third kappa shape index (κ3) is 5.96. The summed E-state index contributed by atoms with van der Waals surface area (Å²) in [7, 11) is 0. The molecular weight excluding hydrogens is 508 g/mol. The summed E-state index contributed by atoms with van der Waals surface area (Å²) >= 11 is 0. The summed E-state index contributed by atoms with van der Waals surface area (Å²) in [4.78, 5) is 39.7. The number of carbonyl (C=O) groups excluding carboxylic acids is 3. The average molecular weight is 563 g/mol. The quantitative estimate of drug-likeness (QED) is 0.239. The number of hydrogen-bond acceptors (Lipinski definition) is 7.